The molecule has 0 aliphatic rings. The van der Waals surface area contributed by atoms with E-state index in [0.717, 1.165) is 34.6 Å². The summed E-state index contributed by atoms with van der Waals surface area (Å²) in [5, 5.41) is 0. The van der Waals surface area contributed by atoms with Crippen molar-refractivity contribution in [2.45, 2.75) is 102 Å². The molecule has 0 saturated heterocycles. The van der Waals surface area contributed by atoms with Crippen molar-refractivity contribution >= 4 is 0 Å². The maximum atomic E-state index is 6.96. The van der Waals surface area contributed by atoms with Crippen LogP contribution >= 0.6 is 0 Å². The molecule has 3 rings (SSSR count). The van der Waals surface area contributed by atoms with Crippen molar-refractivity contribution in [3.05, 3.63) is 95.6 Å². The van der Waals surface area contributed by atoms with Gasteiger partial charge in [0, 0.05) is 6.61 Å². The normalized spacial score (nSPS) is 11.5. The minimum atomic E-state index is -0.712. The summed E-state index contributed by atoms with van der Waals surface area (Å²) in [6.45, 7) is 2.99. The summed E-state index contributed by atoms with van der Waals surface area (Å²) >= 11 is 0. The molecule has 0 atom stereocenters. The fraction of sp³-hybridized carbons (Fsp3) is 0.514. The highest BCUT2D eigenvalue weighted by molar-refractivity contribution is 5.49. The van der Waals surface area contributed by atoms with E-state index in [1.165, 1.54) is 83.5 Å². The van der Waals surface area contributed by atoms with Crippen molar-refractivity contribution in [3.63, 3.8) is 0 Å². The van der Waals surface area contributed by atoms with Crippen molar-refractivity contribution in [1.29, 1.82) is 0 Å². The van der Waals surface area contributed by atoms with Crippen LogP contribution in [0.1, 0.15) is 114 Å². The third-order valence-electron chi connectivity index (χ3n) is 7.99. The zero-order valence-electron chi connectivity index (χ0n) is 25.3. The molecule has 0 amide bonds. The Morgan fingerprint density at radius 3 is 1.23 bits per heavy atom. The first-order valence-corrected chi connectivity index (χ1v) is 15.7. The van der Waals surface area contributed by atoms with E-state index in [2.05, 4.69) is 61.5 Å². The highest BCUT2D eigenvalue weighted by Crippen LogP contribution is 2.41. The summed E-state index contributed by atoms with van der Waals surface area (Å²) in [5.74, 6) is 1.68. The first-order valence-electron chi connectivity index (χ1n) is 15.7. The highest BCUT2D eigenvalue weighted by atomic mass is 16.5. The van der Waals surface area contributed by atoms with Gasteiger partial charge in [-0.1, -0.05) is 145 Å². The third-order valence-corrected chi connectivity index (χ3v) is 7.99. The molecular formula is C37H52O3. The van der Waals surface area contributed by atoms with Crippen molar-refractivity contribution in [2.75, 3.05) is 20.8 Å². The molecule has 218 valence electrons. The maximum Gasteiger partial charge on any atom is 0.143 e. The Morgan fingerprint density at radius 2 is 0.825 bits per heavy atom. The lowest BCUT2D eigenvalue weighted by molar-refractivity contribution is 0.0106. The molecule has 0 radical (unpaired) electrons. The average molecular weight is 545 g/mol. The second-order valence-corrected chi connectivity index (χ2v) is 10.9. The van der Waals surface area contributed by atoms with E-state index in [1.807, 2.05) is 24.3 Å². The molecule has 0 aliphatic carbocycles. The lowest BCUT2D eigenvalue weighted by Crippen LogP contribution is -2.33. The number of unbranched alkanes of at least 4 members (excludes halogenated alkanes) is 13. The van der Waals surface area contributed by atoms with Crippen LogP contribution < -0.4 is 9.47 Å². The van der Waals surface area contributed by atoms with Gasteiger partial charge in [-0.3, -0.25) is 0 Å². The van der Waals surface area contributed by atoms with Gasteiger partial charge in [-0.05, 0) is 47.4 Å². The Kier molecular flexibility index (Phi) is 14.7. The van der Waals surface area contributed by atoms with E-state index >= 15 is 0 Å². The van der Waals surface area contributed by atoms with Gasteiger partial charge in [0.2, 0.25) is 0 Å². The lowest BCUT2D eigenvalue weighted by atomic mass is 9.80. The predicted octanol–water partition coefficient (Wildman–Crippen LogP) is 10.5. The summed E-state index contributed by atoms with van der Waals surface area (Å²) in [5.41, 5.74) is 2.59. The summed E-state index contributed by atoms with van der Waals surface area (Å²) in [4.78, 5) is 0. The number of ether oxygens (including phenoxy) is 3. The molecule has 3 heteroatoms. The quantitative estimate of drug-likeness (QED) is 0.0986. The van der Waals surface area contributed by atoms with Crippen LogP contribution in [0, 0.1) is 0 Å². The van der Waals surface area contributed by atoms with Crippen LogP contribution in [-0.4, -0.2) is 20.8 Å². The van der Waals surface area contributed by atoms with Gasteiger partial charge < -0.3 is 14.2 Å². The van der Waals surface area contributed by atoms with Crippen LogP contribution in [0.25, 0.3) is 0 Å². The van der Waals surface area contributed by atoms with Crippen molar-refractivity contribution in [2.24, 2.45) is 0 Å². The molecule has 0 spiro atoms. The zero-order chi connectivity index (χ0) is 28.3. The topological polar surface area (TPSA) is 27.7 Å². The molecular weight excluding hydrogens is 492 g/mol. The summed E-state index contributed by atoms with van der Waals surface area (Å²) in [6, 6.07) is 27.2. The van der Waals surface area contributed by atoms with Gasteiger partial charge in [-0.2, -0.15) is 0 Å². The van der Waals surface area contributed by atoms with Gasteiger partial charge >= 0.3 is 0 Å². The van der Waals surface area contributed by atoms with E-state index in [4.69, 9.17) is 14.2 Å². The second-order valence-electron chi connectivity index (χ2n) is 10.9. The Hall–Kier alpha value is -2.78. The van der Waals surface area contributed by atoms with Crippen LogP contribution in [0.4, 0.5) is 0 Å². The molecule has 0 bridgehead atoms. The summed E-state index contributed by atoms with van der Waals surface area (Å²) in [6.07, 6.45) is 18.9. The largest absolute Gasteiger partial charge is 0.497 e. The lowest BCUT2D eigenvalue weighted by Gasteiger charge is -2.36. The number of rotatable bonds is 21. The summed E-state index contributed by atoms with van der Waals surface area (Å²) < 4.78 is 17.9. The zero-order valence-corrected chi connectivity index (χ0v) is 25.3. The van der Waals surface area contributed by atoms with Gasteiger partial charge in [0.15, 0.2) is 0 Å². The maximum absolute atomic E-state index is 6.96. The van der Waals surface area contributed by atoms with E-state index in [9.17, 15) is 0 Å². The standard InChI is InChI=1S/C37H52O3/c1-4-5-6-7-8-9-10-11-12-13-14-15-16-20-31-40-37(32-21-18-17-19-22-32,33-23-27-35(38-2)28-24-33)34-25-29-36(39-3)30-26-34/h17-19,21-30H,4-16,20,31H2,1-3H3. The molecule has 3 nitrogen and oxygen atoms in total. The van der Waals surface area contributed by atoms with Crippen LogP contribution in [-0.2, 0) is 10.3 Å². The molecule has 3 aromatic rings. The Morgan fingerprint density at radius 1 is 0.450 bits per heavy atom. The molecule has 0 fully saturated rings. The van der Waals surface area contributed by atoms with Gasteiger partial charge in [-0.15, -0.1) is 0 Å². The van der Waals surface area contributed by atoms with Crippen LogP contribution in [0.15, 0.2) is 78.9 Å². The third kappa shape index (κ3) is 9.70. The number of hydrogen-bond acceptors (Lipinski definition) is 3. The minimum Gasteiger partial charge on any atom is -0.497 e. The molecule has 0 saturated carbocycles. The van der Waals surface area contributed by atoms with Gasteiger partial charge in [-0.25, -0.2) is 0 Å². The second kappa shape index (κ2) is 18.5. The Labute approximate surface area is 244 Å². The van der Waals surface area contributed by atoms with Crippen molar-refractivity contribution in [3.8, 4) is 11.5 Å². The smallest absolute Gasteiger partial charge is 0.143 e. The first-order chi connectivity index (χ1) is 19.7. The first kappa shape index (κ1) is 31.7. The number of hydrogen-bond donors (Lipinski definition) is 0. The van der Waals surface area contributed by atoms with E-state index in [1.54, 1.807) is 14.2 Å². The van der Waals surface area contributed by atoms with E-state index in [0.29, 0.717) is 6.61 Å². The van der Waals surface area contributed by atoms with Crippen LogP contribution in [0.5, 0.6) is 11.5 Å². The molecule has 0 aromatic heterocycles. The van der Waals surface area contributed by atoms with Crippen LogP contribution in [0.2, 0.25) is 0 Å². The van der Waals surface area contributed by atoms with E-state index < -0.39 is 5.60 Å². The van der Waals surface area contributed by atoms with Gasteiger partial charge in [0.1, 0.15) is 17.1 Å². The average Bonchev–Trinajstić information content (AvgIpc) is 3.02. The number of methoxy groups -OCH3 is 2. The van der Waals surface area contributed by atoms with Crippen molar-refractivity contribution in [1.82, 2.24) is 0 Å². The van der Waals surface area contributed by atoms with Gasteiger partial charge in [0.05, 0.1) is 14.2 Å². The fourth-order valence-corrected chi connectivity index (χ4v) is 5.60. The fourth-order valence-electron chi connectivity index (χ4n) is 5.60. The monoisotopic (exact) mass is 544 g/mol. The molecule has 0 N–H and O–H groups in total. The Balaban J connectivity index is 1.56. The Bertz CT molecular complexity index is 980. The SMILES string of the molecule is CCCCCCCCCCCCCCCCOC(c1ccccc1)(c1ccc(OC)cc1)c1ccc(OC)cc1. The molecule has 3 aromatic carbocycles. The predicted molar refractivity (Wildman–Crippen MR) is 169 cm³/mol. The van der Waals surface area contributed by atoms with E-state index in [-0.39, 0.29) is 0 Å². The van der Waals surface area contributed by atoms with Gasteiger partial charge in [0.25, 0.3) is 0 Å². The molecule has 40 heavy (non-hydrogen) atoms. The van der Waals surface area contributed by atoms with Crippen LogP contribution in [0.3, 0.4) is 0 Å². The van der Waals surface area contributed by atoms with Crippen molar-refractivity contribution < 1.29 is 14.2 Å². The molecule has 0 aliphatic heterocycles. The summed E-state index contributed by atoms with van der Waals surface area (Å²) in [7, 11) is 3.41. The molecule has 0 unspecified atom stereocenters. The molecule has 0 heterocycles. The minimum absolute atomic E-state index is 0.699. The number of benzene rings is 3. The highest BCUT2D eigenvalue weighted by Gasteiger charge is 2.37.